The summed E-state index contributed by atoms with van der Waals surface area (Å²) in [5.74, 6) is 1.56. The van der Waals surface area contributed by atoms with Crippen LogP contribution in [0.5, 0.6) is 5.75 Å². The van der Waals surface area contributed by atoms with Crippen LogP contribution >= 0.6 is 0 Å². The van der Waals surface area contributed by atoms with E-state index in [1.165, 1.54) is 48.4 Å². The molecule has 2 aromatic heterocycles. The second-order valence-corrected chi connectivity index (χ2v) is 8.84. The zero-order valence-corrected chi connectivity index (χ0v) is 18.3. The van der Waals surface area contributed by atoms with Gasteiger partial charge in [-0.05, 0) is 70.5 Å². The van der Waals surface area contributed by atoms with E-state index in [-0.39, 0.29) is 13.2 Å². The number of methoxy groups -OCH3 is 1. The van der Waals surface area contributed by atoms with Crippen LogP contribution in [0, 0.1) is 6.92 Å². The molecule has 4 nitrogen and oxygen atoms in total. The summed E-state index contributed by atoms with van der Waals surface area (Å²) in [7, 11) is 1.77. The first-order valence-corrected chi connectivity index (χ1v) is 11.3. The van der Waals surface area contributed by atoms with E-state index in [4.69, 9.17) is 4.74 Å². The highest BCUT2D eigenvalue weighted by atomic mass is 16.5. The third kappa shape index (κ3) is 3.35. The lowest BCUT2D eigenvalue weighted by molar-refractivity contribution is -0.516. The lowest BCUT2D eigenvalue weighted by Crippen LogP contribution is -2.26. The van der Waals surface area contributed by atoms with Gasteiger partial charge in [-0.1, -0.05) is 19.3 Å². The van der Waals surface area contributed by atoms with Crippen LogP contribution in [0.4, 0.5) is 0 Å². The van der Waals surface area contributed by atoms with E-state index in [9.17, 15) is 10.2 Å². The van der Waals surface area contributed by atoms with Crippen LogP contribution < -0.4 is 9.14 Å². The van der Waals surface area contributed by atoms with Gasteiger partial charge in [0, 0.05) is 24.4 Å². The Hall–Kier alpha value is -2.69. The summed E-state index contributed by atoms with van der Waals surface area (Å²) < 4.78 is 8.05. The molecule has 2 heterocycles. The van der Waals surface area contributed by atoms with Gasteiger partial charge in [-0.25, -0.2) is 0 Å². The standard InChI is InChI=1S/C27H30NO3/c1-17-23-11-22(16-30)21(15-29)10-20(23)12-26-24-14-25(18-6-4-3-5-7-18)27(31-2)13-19(24)8-9-28(17)26/h8-14,18,29-30H,3-7,15-16H2,1-2H3/q+1. The van der Waals surface area contributed by atoms with Crippen molar-refractivity contribution in [3.05, 3.63) is 65.0 Å². The summed E-state index contributed by atoms with van der Waals surface area (Å²) in [5, 5.41) is 24.1. The Kier molecular flexibility index (Phi) is 5.28. The van der Waals surface area contributed by atoms with Crippen LogP contribution in [0.15, 0.2) is 42.6 Å². The lowest BCUT2D eigenvalue weighted by atomic mass is 9.83. The zero-order valence-electron chi connectivity index (χ0n) is 18.3. The Labute approximate surface area is 182 Å². The molecule has 2 aromatic carbocycles. The fourth-order valence-corrected chi connectivity index (χ4v) is 5.40. The first kappa shape index (κ1) is 20.2. The molecule has 0 bridgehead atoms. The molecule has 5 rings (SSSR count). The van der Waals surface area contributed by atoms with Crippen molar-refractivity contribution in [3.63, 3.8) is 0 Å². The Bertz CT molecular complexity index is 1290. The number of aliphatic hydroxyl groups is 2. The van der Waals surface area contributed by atoms with Crippen LogP contribution in [0.2, 0.25) is 0 Å². The minimum absolute atomic E-state index is 0.0732. The number of aliphatic hydroxyl groups excluding tert-OH is 2. The van der Waals surface area contributed by atoms with Crippen LogP contribution in [-0.4, -0.2) is 17.3 Å². The van der Waals surface area contributed by atoms with Crippen molar-refractivity contribution in [2.45, 2.75) is 58.2 Å². The second-order valence-electron chi connectivity index (χ2n) is 8.84. The number of rotatable bonds is 4. The molecule has 31 heavy (non-hydrogen) atoms. The van der Waals surface area contributed by atoms with Gasteiger partial charge in [0.05, 0.1) is 25.7 Å². The lowest BCUT2D eigenvalue weighted by Gasteiger charge is -2.24. The number of hydrogen-bond donors (Lipinski definition) is 2. The summed E-state index contributed by atoms with van der Waals surface area (Å²) >= 11 is 0. The normalized spacial score (nSPS) is 15.2. The average Bonchev–Trinajstić information content (AvgIpc) is 2.83. The maximum Gasteiger partial charge on any atom is 0.219 e. The van der Waals surface area contributed by atoms with Gasteiger partial charge in [-0.2, -0.15) is 4.40 Å². The Morgan fingerprint density at radius 3 is 2.35 bits per heavy atom. The monoisotopic (exact) mass is 416 g/mol. The van der Waals surface area contributed by atoms with Gasteiger partial charge in [0.15, 0.2) is 11.9 Å². The van der Waals surface area contributed by atoms with Crippen molar-refractivity contribution in [2.24, 2.45) is 0 Å². The number of nitrogens with zero attached hydrogens (tertiary/aromatic N) is 1. The summed E-state index contributed by atoms with van der Waals surface area (Å²) in [5.41, 5.74) is 5.17. The highest BCUT2D eigenvalue weighted by molar-refractivity contribution is 5.99. The summed E-state index contributed by atoms with van der Waals surface area (Å²) in [6.07, 6.45) is 8.48. The van der Waals surface area contributed by atoms with E-state index in [0.717, 1.165) is 38.9 Å². The molecule has 0 atom stereocenters. The fourth-order valence-electron chi connectivity index (χ4n) is 5.40. The van der Waals surface area contributed by atoms with Gasteiger partial charge in [0.25, 0.3) is 0 Å². The van der Waals surface area contributed by atoms with Crippen molar-refractivity contribution < 1.29 is 19.4 Å². The number of aryl methyl sites for hydroxylation is 1. The van der Waals surface area contributed by atoms with E-state index in [0.29, 0.717) is 5.92 Å². The zero-order chi connectivity index (χ0) is 21.5. The number of ether oxygens (including phenoxy) is 1. The number of hydrogen-bond acceptors (Lipinski definition) is 3. The minimum Gasteiger partial charge on any atom is -0.496 e. The Balaban J connectivity index is 1.81. The quantitative estimate of drug-likeness (QED) is 0.277. The molecule has 0 radical (unpaired) electrons. The average molecular weight is 417 g/mol. The van der Waals surface area contributed by atoms with Crippen LogP contribution in [0.1, 0.15) is 60.4 Å². The predicted octanol–water partition coefficient (Wildman–Crippen LogP) is 5.08. The third-order valence-corrected chi connectivity index (χ3v) is 7.14. The topological polar surface area (TPSA) is 53.8 Å². The first-order valence-electron chi connectivity index (χ1n) is 11.3. The second kappa shape index (κ2) is 8.10. The number of pyridine rings is 2. The molecule has 2 N–H and O–H groups in total. The third-order valence-electron chi connectivity index (χ3n) is 7.14. The van der Waals surface area contributed by atoms with Crippen LogP contribution in [0.3, 0.4) is 0 Å². The molecule has 0 unspecified atom stereocenters. The number of aromatic nitrogens is 1. The van der Waals surface area contributed by atoms with Crippen molar-refractivity contribution >= 4 is 27.1 Å². The molecule has 1 aliphatic rings. The highest BCUT2D eigenvalue weighted by Crippen LogP contribution is 2.40. The molecule has 0 aliphatic heterocycles. The van der Waals surface area contributed by atoms with E-state index in [2.05, 4.69) is 41.8 Å². The molecule has 160 valence electrons. The van der Waals surface area contributed by atoms with Crippen molar-refractivity contribution in [3.8, 4) is 5.75 Å². The van der Waals surface area contributed by atoms with Crippen LogP contribution in [0.25, 0.3) is 27.1 Å². The summed E-state index contributed by atoms with van der Waals surface area (Å²) in [4.78, 5) is 0. The van der Waals surface area contributed by atoms with Crippen molar-refractivity contribution in [1.82, 2.24) is 0 Å². The van der Waals surface area contributed by atoms with Gasteiger partial charge in [0.1, 0.15) is 5.75 Å². The van der Waals surface area contributed by atoms with Gasteiger partial charge < -0.3 is 14.9 Å². The highest BCUT2D eigenvalue weighted by Gasteiger charge is 2.23. The molecule has 1 fully saturated rings. The van der Waals surface area contributed by atoms with Gasteiger partial charge in [-0.3, -0.25) is 0 Å². The molecular weight excluding hydrogens is 386 g/mol. The Morgan fingerprint density at radius 1 is 0.903 bits per heavy atom. The fraction of sp³-hybridized carbons (Fsp3) is 0.370. The summed E-state index contributed by atoms with van der Waals surface area (Å²) in [6.45, 7) is 1.97. The SMILES string of the molecule is COc1cc2cc[n+]3c(C)c4cc(CO)c(CO)cc4cc3c2cc1C1CCCCC1. The van der Waals surface area contributed by atoms with Gasteiger partial charge in [-0.15, -0.1) is 0 Å². The smallest absolute Gasteiger partial charge is 0.219 e. The minimum atomic E-state index is -0.0748. The van der Waals surface area contributed by atoms with Gasteiger partial charge >= 0.3 is 0 Å². The Morgan fingerprint density at radius 2 is 1.65 bits per heavy atom. The molecular formula is C27H30NO3+. The molecule has 1 aliphatic carbocycles. The molecule has 0 saturated heterocycles. The van der Waals surface area contributed by atoms with E-state index in [1.807, 2.05) is 12.1 Å². The number of benzene rings is 2. The van der Waals surface area contributed by atoms with Crippen molar-refractivity contribution in [2.75, 3.05) is 7.11 Å². The summed E-state index contributed by atoms with van der Waals surface area (Å²) in [6, 6.07) is 12.9. The largest absolute Gasteiger partial charge is 0.496 e. The maximum absolute atomic E-state index is 9.77. The van der Waals surface area contributed by atoms with E-state index >= 15 is 0 Å². The molecule has 4 aromatic rings. The van der Waals surface area contributed by atoms with E-state index < -0.39 is 0 Å². The molecule has 0 amide bonds. The number of fused-ring (bicyclic) bond motifs is 4. The molecule has 0 spiro atoms. The first-order chi connectivity index (χ1) is 15.1. The molecule has 4 heteroatoms. The molecule has 1 saturated carbocycles. The van der Waals surface area contributed by atoms with Crippen LogP contribution in [-0.2, 0) is 13.2 Å². The predicted molar refractivity (Wildman–Crippen MR) is 124 cm³/mol. The van der Waals surface area contributed by atoms with Crippen molar-refractivity contribution in [1.29, 1.82) is 0 Å². The van der Waals surface area contributed by atoms with Gasteiger partial charge in [0.2, 0.25) is 5.52 Å². The maximum atomic E-state index is 9.77. The van der Waals surface area contributed by atoms with E-state index in [1.54, 1.807) is 7.11 Å².